The molecule has 1 aliphatic heterocycles. The third-order valence-corrected chi connectivity index (χ3v) is 7.50. The number of ether oxygens (including phenoxy) is 1. The fourth-order valence-corrected chi connectivity index (χ4v) is 5.02. The maximum atomic E-state index is 12.7. The molecule has 0 unspecified atom stereocenters. The first-order chi connectivity index (χ1) is 15.3. The zero-order chi connectivity index (χ0) is 23.1. The molecular weight excluding hydrogens is 426 g/mol. The summed E-state index contributed by atoms with van der Waals surface area (Å²) >= 11 is 0. The monoisotopic (exact) mass is 457 g/mol. The van der Waals surface area contributed by atoms with Crippen LogP contribution in [0.15, 0.2) is 66.1 Å². The highest BCUT2D eigenvalue weighted by Gasteiger charge is 2.27. The van der Waals surface area contributed by atoms with Crippen molar-refractivity contribution in [3.63, 3.8) is 0 Å². The Hall–Kier alpha value is -2.68. The van der Waals surface area contributed by atoms with Gasteiger partial charge in [-0.25, -0.2) is 8.42 Å². The minimum absolute atomic E-state index is 0.159. The molecule has 3 rings (SSSR count). The van der Waals surface area contributed by atoms with E-state index in [4.69, 9.17) is 4.74 Å². The number of carbonyl (C=O) groups is 1. The van der Waals surface area contributed by atoms with E-state index in [9.17, 15) is 13.2 Å². The van der Waals surface area contributed by atoms with Crippen LogP contribution >= 0.6 is 0 Å². The first-order valence-electron chi connectivity index (χ1n) is 10.7. The summed E-state index contributed by atoms with van der Waals surface area (Å²) in [6.45, 7) is 7.66. The molecule has 8 heteroatoms. The lowest BCUT2D eigenvalue weighted by molar-refractivity contribution is -0.120. The maximum Gasteiger partial charge on any atom is 0.243 e. The fourth-order valence-electron chi connectivity index (χ4n) is 3.51. The molecule has 0 aromatic heterocycles. The molecule has 2 aromatic carbocycles. The number of hydrogen-bond acceptors (Lipinski definition) is 5. The summed E-state index contributed by atoms with van der Waals surface area (Å²) in [6, 6.07) is 13.7. The molecule has 0 saturated carbocycles. The standard InChI is InChI=1S/C24H31N3O4S/c1-4-17-31-22-11-7-20(8-12-22)18-26(3)19(2)24(28)25-21-9-13-23(14-10-21)32(29,30)27-15-5-6-16-27/h4,7-14,19H,1,5-6,15-18H2,2-3H3,(H,25,28)/t19-/m0/s1. The zero-order valence-electron chi connectivity index (χ0n) is 18.7. The van der Waals surface area contributed by atoms with Gasteiger partial charge in [0, 0.05) is 25.3 Å². The molecule has 0 aliphatic carbocycles. The van der Waals surface area contributed by atoms with Crippen LogP contribution in [-0.4, -0.2) is 56.3 Å². The van der Waals surface area contributed by atoms with E-state index >= 15 is 0 Å². The van der Waals surface area contributed by atoms with Crippen LogP contribution in [0, 0.1) is 0 Å². The fraction of sp³-hybridized carbons (Fsp3) is 0.375. The Labute approximate surface area is 190 Å². The predicted octanol–water partition coefficient (Wildman–Crippen LogP) is 3.49. The van der Waals surface area contributed by atoms with E-state index in [0.29, 0.717) is 31.9 Å². The number of rotatable bonds is 10. The van der Waals surface area contributed by atoms with Gasteiger partial charge in [0.2, 0.25) is 15.9 Å². The van der Waals surface area contributed by atoms with Crippen LogP contribution in [0.25, 0.3) is 0 Å². The second-order valence-electron chi connectivity index (χ2n) is 7.96. The van der Waals surface area contributed by atoms with E-state index in [1.807, 2.05) is 43.1 Å². The molecule has 1 aliphatic rings. The average Bonchev–Trinajstić information content (AvgIpc) is 3.34. The van der Waals surface area contributed by atoms with Crippen molar-refractivity contribution in [1.29, 1.82) is 0 Å². The predicted molar refractivity (Wildman–Crippen MR) is 126 cm³/mol. The molecule has 1 fully saturated rings. The Kier molecular flexibility index (Phi) is 8.06. The molecule has 1 heterocycles. The average molecular weight is 458 g/mol. The van der Waals surface area contributed by atoms with Crippen LogP contribution in [0.5, 0.6) is 5.75 Å². The van der Waals surface area contributed by atoms with Crippen molar-refractivity contribution in [2.45, 2.75) is 37.2 Å². The number of nitrogens with zero attached hydrogens (tertiary/aromatic N) is 2. The lowest BCUT2D eigenvalue weighted by atomic mass is 10.1. The highest BCUT2D eigenvalue weighted by Crippen LogP contribution is 2.22. The quantitative estimate of drug-likeness (QED) is 0.553. The highest BCUT2D eigenvalue weighted by molar-refractivity contribution is 7.89. The first-order valence-corrected chi connectivity index (χ1v) is 12.2. The molecular formula is C24H31N3O4S. The summed E-state index contributed by atoms with van der Waals surface area (Å²) in [4.78, 5) is 14.9. The second kappa shape index (κ2) is 10.8. The molecule has 32 heavy (non-hydrogen) atoms. The van der Waals surface area contributed by atoms with Crippen molar-refractivity contribution >= 4 is 21.6 Å². The van der Waals surface area contributed by atoms with Crippen LogP contribution in [0.1, 0.15) is 25.3 Å². The van der Waals surface area contributed by atoms with E-state index in [2.05, 4.69) is 11.9 Å². The first kappa shape index (κ1) is 24.0. The van der Waals surface area contributed by atoms with Crippen LogP contribution in [0.3, 0.4) is 0 Å². The second-order valence-corrected chi connectivity index (χ2v) is 9.90. The largest absolute Gasteiger partial charge is 0.490 e. The number of benzene rings is 2. The zero-order valence-corrected chi connectivity index (χ0v) is 19.5. The lowest BCUT2D eigenvalue weighted by Gasteiger charge is -2.24. The van der Waals surface area contributed by atoms with Crippen molar-refractivity contribution in [3.05, 3.63) is 66.7 Å². The minimum atomic E-state index is -3.46. The van der Waals surface area contributed by atoms with E-state index < -0.39 is 10.0 Å². The van der Waals surface area contributed by atoms with Gasteiger partial charge in [-0.15, -0.1) is 0 Å². The van der Waals surface area contributed by atoms with Crippen molar-refractivity contribution in [2.75, 3.05) is 32.1 Å². The van der Waals surface area contributed by atoms with E-state index in [1.165, 1.54) is 4.31 Å². The van der Waals surface area contributed by atoms with Gasteiger partial charge < -0.3 is 10.1 Å². The van der Waals surface area contributed by atoms with E-state index in [0.717, 1.165) is 24.2 Å². The number of likely N-dealkylation sites (N-methyl/N-ethyl adjacent to an activating group) is 1. The molecule has 7 nitrogen and oxygen atoms in total. The van der Waals surface area contributed by atoms with Crippen molar-refractivity contribution < 1.29 is 17.9 Å². The van der Waals surface area contributed by atoms with Crippen LogP contribution in [0.4, 0.5) is 5.69 Å². The number of hydrogen-bond donors (Lipinski definition) is 1. The Morgan fingerprint density at radius 1 is 1.16 bits per heavy atom. The summed E-state index contributed by atoms with van der Waals surface area (Å²) in [5.74, 6) is 0.617. The van der Waals surface area contributed by atoms with Crippen LogP contribution in [-0.2, 0) is 21.4 Å². The molecule has 1 N–H and O–H groups in total. The van der Waals surface area contributed by atoms with Gasteiger partial charge in [0.25, 0.3) is 0 Å². The van der Waals surface area contributed by atoms with Crippen molar-refractivity contribution in [3.8, 4) is 5.75 Å². The summed E-state index contributed by atoms with van der Waals surface area (Å²) < 4.78 is 32.3. The third-order valence-electron chi connectivity index (χ3n) is 5.59. The summed E-state index contributed by atoms with van der Waals surface area (Å²) in [7, 11) is -1.57. The molecule has 1 atom stereocenters. The van der Waals surface area contributed by atoms with Gasteiger partial charge in [0.1, 0.15) is 12.4 Å². The number of nitrogens with one attached hydrogen (secondary N) is 1. The normalized spacial score (nSPS) is 15.5. The topological polar surface area (TPSA) is 79.0 Å². The SMILES string of the molecule is C=CCOc1ccc(CN(C)[C@@H](C)C(=O)Nc2ccc(S(=O)(=O)N3CCCC3)cc2)cc1. The van der Waals surface area contributed by atoms with E-state index in [-0.39, 0.29) is 16.8 Å². The van der Waals surface area contributed by atoms with Crippen molar-refractivity contribution in [2.24, 2.45) is 0 Å². The minimum Gasteiger partial charge on any atom is -0.490 e. The highest BCUT2D eigenvalue weighted by atomic mass is 32.2. The van der Waals surface area contributed by atoms with Gasteiger partial charge in [-0.1, -0.05) is 24.8 Å². The van der Waals surface area contributed by atoms with Crippen molar-refractivity contribution in [1.82, 2.24) is 9.21 Å². The molecule has 0 spiro atoms. The Morgan fingerprint density at radius 3 is 2.38 bits per heavy atom. The van der Waals surface area contributed by atoms with Crippen LogP contribution in [0.2, 0.25) is 0 Å². The number of sulfonamides is 1. The number of anilines is 1. The number of amides is 1. The Bertz CT molecular complexity index is 1010. The molecule has 0 radical (unpaired) electrons. The van der Waals surface area contributed by atoms with Gasteiger partial charge in [-0.3, -0.25) is 9.69 Å². The molecule has 172 valence electrons. The molecule has 1 amide bonds. The van der Waals surface area contributed by atoms with Gasteiger partial charge in [-0.2, -0.15) is 4.31 Å². The Morgan fingerprint density at radius 2 is 1.78 bits per heavy atom. The third kappa shape index (κ3) is 5.97. The van der Waals surface area contributed by atoms with E-state index in [1.54, 1.807) is 30.3 Å². The smallest absolute Gasteiger partial charge is 0.243 e. The molecule has 0 bridgehead atoms. The van der Waals surface area contributed by atoms with Gasteiger partial charge in [0.15, 0.2) is 0 Å². The van der Waals surface area contributed by atoms with Crippen LogP contribution < -0.4 is 10.1 Å². The summed E-state index contributed by atoms with van der Waals surface area (Å²) in [6.07, 6.45) is 3.49. The maximum absolute atomic E-state index is 12.7. The van der Waals surface area contributed by atoms with Gasteiger partial charge in [0.05, 0.1) is 10.9 Å². The molecule has 1 saturated heterocycles. The lowest BCUT2D eigenvalue weighted by Crippen LogP contribution is -2.39. The summed E-state index contributed by atoms with van der Waals surface area (Å²) in [5, 5.41) is 2.87. The number of carbonyl (C=O) groups excluding carboxylic acids is 1. The van der Waals surface area contributed by atoms with Gasteiger partial charge >= 0.3 is 0 Å². The Balaban J connectivity index is 1.55. The summed E-state index contributed by atoms with van der Waals surface area (Å²) in [5.41, 5.74) is 1.63. The molecule has 2 aromatic rings. The van der Waals surface area contributed by atoms with Gasteiger partial charge in [-0.05, 0) is 68.8 Å².